The van der Waals surface area contributed by atoms with Gasteiger partial charge >= 0.3 is 5.97 Å². The third-order valence-corrected chi connectivity index (χ3v) is 4.81. The maximum atomic E-state index is 12.2. The van der Waals surface area contributed by atoms with Crippen molar-refractivity contribution in [3.63, 3.8) is 0 Å². The Morgan fingerprint density at radius 3 is 2.65 bits per heavy atom. The van der Waals surface area contributed by atoms with E-state index in [0.717, 1.165) is 32.4 Å². The lowest BCUT2D eigenvalue weighted by atomic mass is 9.81. The Morgan fingerprint density at radius 1 is 1.20 bits per heavy atom. The van der Waals surface area contributed by atoms with E-state index in [-0.39, 0.29) is 17.7 Å². The van der Waals surface area contributed by atoms with E-state index in [4.69, 9.17) is 5.11 Å². The van der Waals surface area contributed by atoms with Crippen LogP contribution in [0.3, 0.4) is 0 Å². The molecule has 0 aromatic rings. The second-order valence-electron chi connectivity index (χ2n) is 6.07. The molecule has 5 heteroatoms. The summed E-state index contributed by atoms with van der Waals surface area (Å²) in [6.07, 6.45) is 5.25. The van der Waals surface area contributed by atoms with E-state index in [0.29, 0.717) is 25.4 Å². The van der Waals surface area contributed by atoms with Crippen LogP contribution in [0.4, 0.5) is 0 Å². The first kappa shape index (κ1) is 15.3. The van der Waals surface area contributed by atoms with Crippen LogP contribution >= 0.6 is 0 Å². The van der Waals surface area contributed by atoms with Gasteiger partial charge in [0.05, 0.1) is 5.92 Å². The number of likely N-dealkylation sites (N-methyl/N-ethyl adjacent to an activating group) is 1. The summed E-state index contributed by atoms with van der Waals surface area (Å²) in [4.78, 5) is 25.6. The Morgan fingerprint density at radius 2 is 1.95 bits per heavy atom. The number of aliphatic carboxylic acids is 1. The molecule has 0 aromatic carbocycles. The third-order valence-electron chi connectivity index (χ3n) is 4.81. The molecule has 114 valence electrons. The van der Waals surface area contributed by atoms with Crippen LogP contribution in [0.15, 0.2) is 0 Å². The second kappa shape index (κ2) is 7.07. The van der Waals surface area contributed by atoms with E-state index in [2.05, 4.69) is 17.1 Å². The minimum absolute atomic E-state index is 0.0545. The molecule has 5 nitrogen and oxygen atoms in total. The minimum Gasteiger partial charge on any atom is -0.481 e. The lowest BCUT2D eigenvalue weighted by Crippen LogP contribution is -2.43. The summed E-state index contributed by atoms with van der Waals surface area (Å²) in [6, 6.07) is 0.461. The molecule has 3 atom stereocenters. The van der Waals surface area contributed by atoms with Gasteiger partial charge in [0, 0.05) is 18.5 Å². The van der Waals surface area contributed by atoms with Crippen LogP contribution in [0.5, 0.6) is 0 Å². The third kappa shape index (κ3) is 3.72. The van der Waals surface area contributed by atoms with E-state index in [1.165, 1.54) is 6.42 Å². The first-order valence-electron chi connectivity index (χ1n) is 7.86. The average Bonchev–Trinajstić information content (AvgIpc) is 2.92. The molecule has 1 saturated heterocycles. The number of carbonyl (C=O) groups excluding carboxylic acids is 1. The van der Waals surface area contributed by atoms with Crippen molar-refractivity contribution in [2.24, 2.45) is 11.8 Å². The van der Waals surface area contributed by atoms with Crippen molar-refractivity contribution in [1.82, 2.24) is 10.2 Å². The molecule has 1 heterocycles. The number of carboxylic acid groups (broad SMARTS) is 1. The van der Waals surface area contributed by atoms with Crippen LogP contribution in [0.1, 0.15) is 45.4 Å². The molecule has 1 saturated carbocycles. The van der Waals surface area contributed by atoms with Gasteiger partial charge in [-0.15, -0.1) is 0 Å². The number of carboxylic acids is 1. The molecule has 3 unspecified atom stereocenters. The standard InChI is InChI=1S/C15H26N2O3/c1-2-17-8-4-7-13(17)10-16-14(18)11-5-3-6-12(9-11)15(19)20/h11-13H,2-10H2,1H3,(H,16,18)(H,19,20). The van der Waals surface area contributed by atoms with E-state index >= 15 is 0 Å². The maximum Gasteiger partial charge on any atom is 0.306 e. The zero-order chi connectivity index (χ0) is 14.5. The predicted molar refractivity (Wildman–Crippen MR) is 76.4 cm³/mol. The molecule has 2 rings (SSSR count). The molecule has 2 fully saturated rings. The van der Waals surface area contributed by atoms with E-state index in [9.17, 15) is 9.59 Å². The number of nitrogens with one attached hydrogen (secondary N) is 1. The predicted octanol–water partition coefficient (Wildman–Crippen LogP) is 1.48. The van der Waals surface area contributed by atoms with Gasteiger partial charge in [-0.3, -0.25) is 14.5 Å². The summed E-state index contributed by atoms with van der Waals surface area (Å²) >= 11 is 0. The van der Waals surface area contributed by atoms with Gasteiger partial charge < -0.3 is 10.4 Å². The summed E-state index contributed by atoms with van der Waals surface area (Å²) in [5.74, 6) is -1.14. The normalized spacial score (nSPS) is 31.1. The van der Waals surface area contributed by atoms with Gasteiger partial charge in [0.2, 0.25) is 5.91 Å². The van der Waals surface area contributed by atoms with Gasteiger partial charge in [0.1, 0.15) is 0 Å². The molecule has 2 aliphatic rings. The summed E-state index contributed by atoms with van der Waals surface area (Å²) in [6.45, 7) is 5.02. The molecule has 0 radical (unpaired) electrons. The Bertz CT molecular complexity index is 359. The Balaban J connectivity index is 1.78. The number of likely N-dealkylation sites (tertiary alicyclic amines) is 1. The highest BCUT2D eigenvalue weighted by Crippen LogP contribution is 2.29. The minimum atomic E-state index is -0.754. The molecule has 1 aliphatic carbocycles. The molecule has 0 spiro atoms. The first-order valence-corrected chi connectivity index (χ1v) is 7.86. The van der Waals surface area contributed by atoms with Crippen LogP contribution < -0.4 is 5.32 Å². The van der Waals surface area contributed by atoms with Gasteiger partial charge in [-0.25, -0.2) is 0 Å². The van der Waals surface area contributed by atoms with Crippen LogP contribution in [-0.2, 0) is 9.59 Å². The second-order valence-corrected chi connectivity index (χ2v) is 6.07. The Labute approximate surface area is 120 Å². The van der Waals surface area contributed by atoms with Crippen molar-refractivity contribution in [2.45, 2.75) is 51.5 Å². The van der Waals surface area contributed by atoms with Crippen molar-refractivity contribution < 1.29 is 14.7 Å². The highest BCUT2D eigenvalue weighted by atomic mass is 16.4. The number of carbonyl (C=O) groups is 2. The maximum absolute atomic E-state index is 12.2. The zero-order valence-electron chi connectivity index (χ0n) is 12.3. The van der Waals surface area contributed by atoms with Crippen LogP contribution in [0.25, 0.3) is 0 Å². The Kier molecular flexibility index (Phi) is 5.40. The van der Waals surface area contributed by atoms with Gasteiger partial charge in [0.25, 0.3) is 0 Å². The van der Waals surface area contributed by atoms with Gasteiger partial charge in [0.15, 0.2) is 0 Å². The molecule has 0 aromatic heterocycles. The molecule has 0 bridgehead atoms. The highest BCUT2D eigenvalue weighted by molar-refractivity contribution is 5.80. The monoisotopic (exact) mass is 282 g/mol. The fourth-order valence-electron chi connectivity index (χ4n) is 3.56. The zero-order valence-corrected chi connectivity index (χ0v) is 12.3. The molecule has 20 heavy (non-hydrogen) atoms. The van der Waals surface area contributed by atoms with Crippen LogP contribution in [0, 0.1) is 11.8 Å². The first-order chi connectivity index (χ1) is 9.61. The lowest BCUT2D eigenvalue weighted by Gasteiger charge is -2.27. The van der Waals surface area contributed by atoms with E-state index < -0.39 is 5.97 Å². The average molecular weight is 282 g/mol. The lowest BCUT2D eigenvalue weighted by molar-refractivity contribution is -0.144. The van der Waals surface area contributed by atoms with E-state index in [1.807, 2.05) is 0 Å². The van der Waals surface area contributed by atoms with Gasteiger partial charge in [-0.2, -0.15) is 0 Å². The molecule has 1 amide bonds. The van der Waals surface area contributed by atoms with Crippen molar-refractivity contribution in [3.05, 3.63) is 0 Å². The number of hydrogen-bond acceptors (Lipinski definition) is 3. The Hall–Kier alpha value is -1.10. The number of nitrogens with zero attached hydrogens (tertiary/aromatic N) is 1. The number of hydrogen-bond donors (Lipinski definition) is 2. The summed E-state index contributed by atoms with van der Waals surface area (Å²) < 4.78 is 0. The topological polar surface area (TPSA) is 69.6 Å². The van der Waals surface area contributed by atoms with Crippen molar-refractivity contribution in [3.8, 4) is 0 Å². The molecule has 2 N–H and O–H groups in total. The fraction of sp³-hybridized carbons (Fsp3) is 0.867. The number of rotatable bonds is 5. The summed E-state index contributed by atoms with van der Waals surface area (Å²) in [5.41, 5.74) is 0. The SMILES string of the molecule is CCN1CCCC1CNC(=O)C1CCCC(C(=O)O)C1. The summed E-state index contributed by atoms with van der Waals surface area (Å²) in [5, 5.41) is 12.1. The quantitative estimate of drug-likeness (QED) is 0.801. The smallest absolute Gasteiger partial charge is 0.306 e. The molecular weight excluding hydrogens is 256 g/mol. The molecule has 1 aliphatic heterocycles. The van der Waals surface area contributed by atoms with Crippen molar-refractivity contribution >= 4 is 11.9 Å². The largest absolute Gasteiger partial charge is 0.481 e. The van der Waals surface area contributed by atoms with Gasteiger partial charge in [-0.05, 0) is 45.2 Å². The van der Waals surface area contributed by atoms with Crippen molar-refractivity contribution in [2.75, 3.05) is 19.6 Å². The van der Waals surface area contributed by atoms with Crippen LogP contribution in [-0.4, -0.2) is 47.6 Å². The van der Waals surface area contributed by atoms with E-state index in [1.54, 1.807) is 0 Å². The molecular formula is C15H26N2O3. The number of amides is 1. The fourth-order valence-corrected chi connectivity index (χ4v) is 3.56. The highest BCUT2D eigenvalue weighted by Gasteiger charge is 2.31. The van der Waals surface area contributed by atoms with Gasteiger partial charge in [-0.1, -0.05) is 13.3 Å². The summed E-state index contributed by atoms with van der Waals surface area (Å²) in [7, 11) is 0. The van der Waals surface area contributed by atoms with Crippen molar-refractivity contribution in [1.29, 1.82) is 0 Å². The van der Waals surface area contributed by atoms with Crippen LogP contribution in [0.2, 0.25) is 0 Å².